The summed E-state index contributed by atoms with van der Waals surface area (Å²) in [5.74, 6) is 1.86. The molecule has 0 spiro atoms. The SMILES string of the molecule is C=C(C)CC/C=C(/CC(=C)C)C(=C)C.C=C(C)CCCC(CC)CC(=C)C.CCCCCC(CC)CCC. The molecule has 0 rings (SSSR count). The molecule has 0 nitrogen and oxygen atoms in total. The maximum atomic E-state index is 3.97. The number of allylic oxidation sites excluding steroid dienone is 7. The van der Waals surface area contributed by atoms with E-state index in [2.05, 4.69) is 101 Å². The van der Waals surface area contributed by atoms with Crippen molar-refractivity contribution in [2.75, 3.05) is 0 Å². The van der Waals surface area contributed by atoms with Crippen molar-refractivity contribution >= 4 is 0 Å². The molecule has 0 radical (unpaired) electrons. The lowest BCUT2D eigenvalue weighted by atomic mass is 9.92. The van der Waals surface area contributed by atoms with Gasteiger partial charge in [0.05, 0.1) is 0 Å². The lowest BCUT2D eigenvalue weighted by Gasteiger charge is -2.14. The Labute approximate surface area is 242 Å². The monoisotopic (exact) mass is 527 g/mol. The van der Waals surface area contributed by atoms with Crippen LogP contribution in [-0.4, -0.2) is 0 Å². The van der Waals surface area contributed by atoms with E-state index in [0.29, 0.717) is 0 Å². The third-order valence-corrected chi connectivity index (χ3v) is 6.92. The van der Waals surface area contributed by atoms with Crippen molar-refractivity contribution in [2.45, 2.75) is 159 Å². The van der Waals surface area contributed by atoms with Crippen molar-refractivity contribution in [1.82, 2.24) is 0 Å². The van der Waals surface area contributed by atoms with Crippen LogP contribution in [0.2, 0.25) is 0 Å². The smallest absolute Gasteiger partial charge is 0.00733 e. The van der Waals surface area contributed by atoms with Crippen molar-refractivity contribution in [2.24, 2.45) is 11.8 Å². The van der Waals surface area contributed by atoms with E-state index >= 15 is 0 Å². The maximum Gasteiger partial charge on any atom is -0.00733 e. The van der Waals surface area contributed by atoms with Crippen LogP contribution in [0.3, 0.4) is 0 Å². The molecule has 0 aliphatic rings. The molecule has 0 saturated carbocycles. The molecule has 2 atom stereocenters. The minimum absolute atomic E-state index is 0.844. The van der Waals surface area contributed by atoms with Gasteiger partial charge in [0.2, 0.25) is 0 Å². The van der Waals surface area contributed by atoms with Crippen molar-refractivity contribution in [3.8, 4) is 0 Å². The molecule has 0 amide bonds. The van der Waals surface area contributed by atoms with Crippen molar-refractivity contribution in [1.29, 1.82) is 0 Å². The first-order chi connectivity index (χ1) is 17.8. The van der Waals surface area contributed by atoms with E-state index in [9.17, 15) is 0 Å². The van der Waals surface area contributed by atoms with E-state index in [1.54, 1.807) is 0 Å². The molecule has 0 aromatic rings. The van der Waals surface area contributed by atoms with Crippen LogP contribution in [0, 0.1) is 11.8 Å². The summed E-state index contributed by atoms with van der Waals surface area (Å²) in [6, 6.07) is 0. The predicted octanol–water partition coefficient (Wildman–Crippen LogP) is 13.9. The average molecular weight is 527 g/mol. The van der Waals surface area contributed by atoms with Gasteiger partial charge in [0.25, 0.3) is 0 Å². The summed E-state index contributed by atoms with van der Waals surface area (Å²) in [6.45, 7) is 39.2. The fraction of sp³-hybridized carbons (Fsp3) is 0.684. The average Bonchev–Trinajstić information content (AvgIpc) is 2.82. The van der Waals surface area contributed by atoms with Gasteiger partial charge < -0.3 is 0 Å². The molecule has 0 aliphatic heterocycles. The van der Waals surface area contributed by atoms with Crippen LogP contribution in [-0.2, 0) is 0 Å². The molecular formula is C38H70. The molecule has 0 aliphatic carbocycles. The zero-order valence-electron chi connectivity index (χ0n) is 27.9. The van der Waals surface area contributed by atoms with Gasteiger partial charge in [-0.1, -0.05) is 126 Å². The molecule has 2 unspecified atom stereocenters. The molecule has 0 aromatic carbocycles. The quantitative estimate of drug-likeness (QED) is 0.0840. The number of rotatable bonds is 20. The van der Waals surface area contributed by atoms with E-state index in [1.165, 1.54) is 105 Å². The highest BCUT2D eigenvalue weighted by molar-refractivity contribution is 5.30. The predicted molar refractivity (Wildman–Crippen MR) is 181 cm³/mol. The van der Waals surface area contributed by atoms with Gasteiger partial charge in [0.15, 0.2) is 0 Å². The Morgan fingerprint density at radius 3 is 1.53 bits per heavy atom. The summed E-state index contributed by atoms with van der Waals surface area (Å²) in [5.41, 5.74) is 7.52. The fourth-order valence-corrected chi connectivity index (χ4v) is 4.49. The summed E-state index contributed by atoms with van der Waals surface area (Å²) < 4.78 is 0. The molecule has 0 fully saturated rings. The standard InChI is InChI=1S/C14H22.C13H24.C11H24/c1-11(2)8-7-9-14(13(5)6)10-12(3)4;1-6-13(10-12(4)5)9-7-8-11(2)3;1-4-7-8-10-11(6-3)9-5-2/h9H,1,3,5,7-8,10H2,2,4,6H3;13H,2,4,6-10H2,1,3,5H3;11H,4-10H2,1-3H3/b14-9-;;. The summed E-state index contributed by atoms with van der Waals surface area (Å²) in [6.07, 6.45) is 21.5. The first kappa shape index (κ1) is 40.9. The van der Waals surface area contributed by atoms with Gasteiger partial charge >= 0.3 is 0 Å². The van der Waals surface area contributed by atoms with Crippen molar-refractivity contribution in [3.63, 3.8) is 0 Å². The van der Waals surface area contributed by atoms with E-state index in [1.807, 2.05) is 0 Å². The Kier molecular flexibility index (Phi) is 30.6. The largest absolute Gasteiger partial charge is 0.100 e. The topological polar surface area (TPSA) is 0 Å². The van der Waals surface area contributed by atoms with E-state index in [-0.39, 0.29) is 0 Å². The highest BCUT2D eigenvalue weighted by Gasteiger charge is 2.06. The van der Waals surface area contributed by atoms with Gasteiger partial charge in [0.1, 0.15) is 0 Å². The Morgan fingerprint density at radius 1 is 0.579 bits per heavy atom. The second-order valence-corrected chi connectivity index (χ2v) is 12.0. The molecule has 222 valence electrons. The number of hydrogen-bond acceptors (Lipinski definition) is 0. The third kappa shape index (κ3) is 32.5. The Morgan fingerprint density at radius 2 is 1.13 bits per heavy atom. The van der Waals surface area contributed by atoms with Crippen molar-refractivity contribution < 1.29 is 0 Å². The molecule has 0 heterocycles. The molecule has 0 N–H and O–H groups in total. The molecule has 0 aromatic heterocycles. The molecular weight excluding hydrogens is 456 g/mol. The minimum atomic E-state index is 0.844. The zero-order chi connectivity index (χ0) is 29.9. The Hall–Kier alpha value is -1.56. The second kappa shape index (κ2) is 28.4. The normalized spacial score (nSPS) is 12.3. The van der Waals surface area contributed by atoms with Gasteiger partial charge in [-0.3, -0.25) is 0 Å². The first-order valence-corrected chi connectivity index (χ1v) is 15.8. The fourth-order valence-electron chi connectivity index (χ4n) is 4.49. The van der Waals surface area contributed by atoms with Crippen LogP contribution in [0.5, 0.6) is 0 Å². The minimum Gasteiger partial charge on any atom is -0.100 e. The molecule has 0 bridgehead atoms. The third-order valence-electron chi connectivity index (χ3n) is 6.92. The van der Waals surface area contributed by atoms with Gasteiger partial charge in [-0.2, -0.15) is 0 Å². The van der Waals surface area contributed by atoms with Crippen LogP contribution in [0.25, 0.3) is 0 Å². The van der Waals surface area contributed by atoms with E-state index in [4.69, 9.17) is 0 Å². The second-order valence-electron chi connectivity index (χ2n) is 12.0. The number of unbranched alkanes of at least 4 members (excludes halogenated alkanes) is 2. The van der Waals surface area contributed by atoms with E-state index in [0.717, 1.165) is 36.7 Å². The summed E-state index contributed by atoms with van der Waals surface area (Å²) >= 11 is 0. The lowest BCUT2D eigenvalue weighted by Crippen LogP contribution is -1.99. The Balaban J connectivity index is -0.000000487. The van der Waals surface area contributed by atoms with Crippen LogP contribution in [0.1, 0.15) is 159 Å². The molecule has 0 saturated heterocycles. The van der Waals surface area contributed by atoms with Crippen LogP contribution in [0.4, 0.5) is 0 Å². The Bertz CT molecular complexity index is 668. The van der Waals surface area contributed by atoms with Gasteiger partial charge in [-0.05, 0) is 97.0 Å². The summed E-state index contributed by atoms with van der Waals surface area (Å²) in [4.78, 5) is 0. The zero-order valence-corrected chi connectivity index (χ0v) is 27.9. The van der Waals surface area contributed by atoms with E-state index < -0.39 is 0 Å². The maximum absolute atomic E-state index is 3.97. The van der Waals surface area contributed by atoms with Gasteiger partial charge in [-0.25, -0.2) is 0 Å². The summed E-state index contributed by atoms with van der Waals surface area (Å²) in [7, 11) is 0. The van der Waals surface area contributed by atoms with Crippen LogP contribution in [0.15, 0.2) is 72.4 Å². The highest BCUT2D eigenvalue weighted by atomic mass is 14.1. The van der Waals surface area contributed by atoms with Crippen LogP contribution < -0.4 is 0 Å². The number of hydrogen-bond donors (Lipinski definition) is 0. The lowest BCUT2D eigenvalue weighted by molar-refractivity contribution is 0.412. The highest BCUT2D eigenvalue weighted by Crippen LogP contribution is 2.21. The van der Waals surface area contributed by atoms with Crippen LogP contribution >= 0.6 is 0 Å². The summed E-state index contributed by atoms with van der Waals surface area (Å²) in [5, 5.41) is 0. The van der Waals surface area contributed by atoms with Crippen molar-refractivity contribution in [3.05, 3.63) is 72.4 Å². The molecule has 0 heteroatoms. The molecule has 38 heavy (non-hydrogen) atoms. The first-order valence-electron chi connectivity index (χ1n) is 15.8. The van der Waals surface area contributed by atoms with Gasteiger partial charge in [0, 0.05) is 0 Å². The van der Waals surface area contributed by atoms with Gasteiger partial charge in [-0.15, -0.1) is 19.7 Å².